The van der Waals surface area contributed by atoms with Gasteiger partial charge in [0.1, 0.15) is 0 Å². The molecule has 1 aromatic heterocycles. The topological polar surface area (TPSA) is 83.5 Å². The number of hydrazone groups is 1. The van der Waals surface area contributed by atoms with E-state index in [1.54, 1.807) is 44.3 Å². The number of carbonyl (C=O) groups is 2. The summed E-state index contributed by atoms with van der Waals surface area (Å²) < 4.78 is 0. The highest BCUT2D eigenvalue weighted by Gasteiger charge is 2.05. The molecule has 6 nitrogen and oxygen atoms in total. The Kier molecular flexibility index (Phi) is 5.57. The molecule has 0 spiro atoms. The van der Waals surface area contributed by atoms with Gasteiger partial charge in [0.2, 0.25) is 5.91 Å². The van der Waals surface area contributed by atoms with Gasteiger partial charge in [0, 0.05) is 24.5 Å². The molecule has 23 heavy (non-hydrogen) atoms. The zero-order valence-corrected chi connectivity index (χ0v) is 13.0. The van der Waals surface area contributed by atoms with E-state index in [9.17, 15) is 9.59 Å². The van der Waals surface area contributed by atoms with Gasteiger partial charge in [-0.05, 0) is 36.8 Å². The van der Waals surface area contributed by atoms with E-state index >= 15 is 0 Å². The first-order valence-corrected chi connectivity index (χ1v) is 7.25. The summed E-state index contributed by atoms with van der Waals surface area (Å²) in [6.07, 6.45) is 3.51. The number of rotatable bonds is 5. The molecular formula is C17H18N4O2. The lowest BCUT2D eigenvalue weighted by atomic mass is 10.1. The summed E-state index contributed by atoms with van der Waals surface area (Å²) in [4.78, 5) is 27.1. The summed E-state index contributed by atoms with van der Waals surface area (Å²) in [5, 5.41) is 6.85. The molecule has 0 fully saturated rings. The Balaban J connectivity index is 2.00. The van der Waals surface area contributed by atoms with Gasteiger partial charge in [-0.3, -0.25) is 14.6 Å². The number of hydrogen-bond acceptors (Lipinski definition) is 4. The molecule has 0 aliphatic rings. The molecule has 0 saturated carbocycles. The van der Waals surface area contributed by atoms with E-state index in [0.29, 0.717) is 17.7 Å². The number of pyridine rings is 1. The van der Waals surface area contributed by atoms with Crippen molar-refractivity contribution in [3.8, 4) is 0 Å². The fourth-order valence-electron chi connectivity index (χ4n) is 1.80. The lowest BCUT2D eigenvalue weighted by Gasteiger charge is -2.06. The minimum Gasteiger partial charge on any atom is -0.326 e. The maximum Gasteiger partial charge on any atom is 0.272 e. The van der Waals surface area contributed by atoms with E-state index in [-0.39, 0.29) is 11.8 Å². The van der Waals surface area contributed by atoms with Gasteiger partial charge in [0.05, 0.1) is 11.3 Å². The molecule has 0 saturated heterocycles. The van der Waals surface area contributed by atoms with Crippen LogP contribution in [0.3, 0.4) is 0 Å². The van der Waals surface area contributed by atoms with Crippen LogP contribution in [0.4, 0.5) is 5.69 Å². The number of aromatic nitrogens is 1. The molecule has 0 aliphatic heterocycles. The van der Waals surface area contributed by atoms with Gasteiger partial charge in [0.25, 0.3) is 5.91 Å². The van der Waals surface area contributed by atoms with Crippen molar-refractivity contribution < 1.29 is 9.59 Å². The van der Waals surface area contributed by atoms with Crippen molar-refractivity contribution in [3.05, 3.63) is 59.9 Å². The summed E-state index contributed by atoms with van der Waals surface area (Å²) in [7, 11) is 0. The van der Waals surface area contributed by atoms with Crippen LogP contribution in [0.15, 0.2) is 53.9 Å². The molecule has 0 atom stereocenters. The summed E-state index contributed by atoms with van der Waals surface area (Å²) >= 11 is 0. The Morgan fingerprint density at radius 1 is 1.13 bits per heavy atom. The predicted molar refractivity (Wildman–Crippen MR) is 89.3 cm³/mol. The third kappa shape index (κ3) is 4.74. The zero-order chi connectivity index (χ0) is 16.7. The van der Waals surface area contributed by atoms with Gasteiger partial charge >= 0.3 is 0 Å². The molecule has 0 aliphatic carbocycles. The second kappa shape index (κ2) is 7.84. The van der Waals surface area contributed by atoms with Gasteiger partial charge in [-0.2, -0.15) is 5.10 Å². The van der Waals surface area contributed by atoms with Crippen LogP contribution in [-0.2, 0) is 4.79 Å². The normalized spacial score (nSPS) is 11.0. The molecule has 2 N–H and O–H groups in total. The van der Waals surface area contributed by atoms with Crippen molar-refractivity contribution in [2.24, 2.45) is 5.10 Å². The summed E-state index contributed by atoms with van der Waals surface area (Å²) in [5.74, 6) is -0.351. The van der Waals surface area contributed by atoms with E-state index in [1.165, 1.54) is 6.20 Å². The monoisotopic (exact) mass is 310 g/mol. The minimum atomic E-state index is -0.315. The molecule has 2 aromatic rings. The van der Waals surface area contributed by atoms with Crippen molar-refractivity contribution in [3.63, 3.8) is 0 Å². The average Bonchev–Trinajstić information content (AvgIpc) is 2.60. The number of carbonyl (C=O) groups excluding carboxylic acids is 2. The molecular weight excluding hydrogens is 292 g/mol. The van der Waals surface area contributed by atoms with Crippen LogP contribution in [0.2, 0.25) is 0 Å². The third-order valence-electron chi connectivity index (χ3n) is 3.16. The fraction of sp³-hybridized carbons (Fsp3) is 0.176. The van der Waals surface area contributed by atoms with Crippen molar-refractivity contribution in [1.82, 2.24) is 10.4 Å². The maximum atomic E-state index is 11.9. The summed E-state index contributed by atoms with van der Waals surface area (Å²) in [6.45, 7) is 3.59. The number of hydrogen-bond donors (Lipinski definition) is 2. The van der Waals surface area contributed by atoms with E-state index < -0.39 is 0 Å². The van der Waals surface area contributed by atoms with Crippen molar-refractivity contribution in [2.75, 3.05) is 5.32 Å². The van der Waals surface area contributed by atoms with Crippen LogP contribution in [-0.4, -0.2) is 22.5 Å². The van der Waals surface area contributed by atoms with Gasteiger partial charge in [-0.1, -0.05) is 19.1 Å². The molecule has 0 radical (unpaired) electrons. The molecule has 6 heteroatoms. The van der Waals surface area contributed by atoms with Crippen LogP contribution in [0.5, 0.6) is 0 Å². The molecule has 0 unspecified atom stereocenters. The minimum absolute atomic E-state index is 0.0353. The van der Waals surface area contributed by atoms with E-state index in [4.69, 9.17) is 0 Å². The molecule has 1 heterocycles. The van der Waals surface area contributed by atoms with Crippen LogP contribution in [0.25, 0.3) is 0 Å². The Morgan fingerprint density at radius 3 is 2.48 bits per heavy atom. The SMILES string of the molecule is CCC(=O)Nc1ccc(/C(C)=N/NC(=O)c2cccnc2)cc1. The zero-order valence-electron chi connectivity index (χ0n) is 13.0. The average molecular weight is 310 g/mol. The fourth-order valence-corrected chi connectivity index (χ4v) is 1.80. The summed E-state index contributed by atoms with van der Waals surface area (Å²) in [5.41, 5.74) is 5.18. The van der Waals surface area contributed by atoms with E-state index in [0.717, 1.165) is 11.3 Å². The summed E-state index contributed by atoms with van der Waals surface area (Å²) in [6, 6.07) is 10.6. The van der Waals surface area contributed by atoms with Crippen molar-refractivity contribution in [1.29, 1.82) is 0 Å². The standard InChI is InChI=1S/C17H18N4O2/c1-3-16(22)19-15-8-6-13(7-9-15)12(2)20-21-17(23)14-5-4-10-18-11-14/h4-11H,3H2,1-2H3,(H,19,22)(H,21,23)/b20-12+. The largest absolute Gasteiger partial charge is 0.326 e. The van der Waals surface area contributed by atoms with Gasteiger partial charge in [-0.25, -0.2) is 5.43 Å². The molecule has 0 bridgehead atoms. The van der Waals surface area contributed by atoms with Gasteiger partial charge < -0.3 is 5.32 Å². The lowest BCUT2D eigenvalue weighted by Crippen LogP contribution is -2.19. The van der Waals surface area contributed by atoms with E-state index in [2.05, 4.69) is 20.8 Å². The second-order valence-corrected chi connectivity index (χ2v) is 4.86. The first-order valence-electron chi connectivity index (χ1n) is 7.25. The highest BCUT2D eigenvalue weighted by molar-refractivity contribution is 6.01. The predicted octanol–water partition coefficient (Wildman–Crippen LogP) is 2.58. The first kappa shape index (κ1) is 16.4. The molecule has 1 aromatic carbocycles. The quantitative estimate of drug-likeness (QED) is 0.657. The highest BCUT2D eigenvalue weighted by Crippen LogP contribution is 2.10. The van der Waals surface area contributed by atoms with Crippen molar-refractivity contribution in [2.45, 2.75) is 20.3 Å². The number of anilines is 1. The van der Waals surface area contributed by atoms with Crippen molar-refractivity contribution >= 4 is 23.2 Å². The number of nitrogens with one attached hydrogen (secondary N) is 2. The van der Waals surface area contributed by atoms with Crippen LogP contribution in [0, 0.1) is 0 Å². The Labute approximate surface area is 134 Å². The Morgan fingerprint density at radius 2 is 1.87 bits per heavy atom. The van der Waals surface area contributed by atoms with Gasteiger partial charge in [0.15, 0.2) is 0 Å². The number of amides is 2. The highest BCUT2D eigenvalue weighted by atomic mass is 16.2. The Bertz CT molecular complexity index is 709. The maximum absolute atomic E-state index is 11.9. The van der Waals surface area contributed by atoms with Crippen LogP contribution in [0.1, 0.15) is 36.2 Å². The number of nitrogens with zero attached hydrogens (tertiary/aromatic N) is 2. The second-order valence-electron chi connectivity index (χ2n) is 4.86. The van der Waals surface area contributed by atoms with Gasteiger partial charge in [-0.15, -0.1) is 0 Å². The number of benzene rings is 1. The lowest BCUT2D eigenvalue weighted by molar-refractivity contribution is -0.115. The van der Waals surface area contributed by atoms with E-state index in [1.807, 2.05) is 12.1 Å². The molecule has 2 amide bonds. The third-order valence-corrected chi connectivity index (χ3v) is 3.16. The first-order chi connectivity index (χ1) is 11.1. The molecule has 118 valence electrons. The van der Waals surface area contributed by atoms with Crippen LogP contribution < -0.4 is 10.7 Å². The smallest absolute Gasteiger partial charge is 0.272 e. The Hall–Kier alpha value is -3.02. The molecule has 2 rings (SSSR count). The van der Waals surface area contributed by atoms with Crippen LogP contribution >= 0.6 is 0 Å².